The molecule has 0 fully saturated rings. The summed E-state index contributed by atoms with van der Waals surface area (Å²) >= 11 is 1.58. The summed E-state index contributed by atoms with van der Waals surface area (Å²) in [7, 11) is 0. The first kappa shape index (κ1) is 22.0. The average Bonchev–Trinajstić information content (AvgIpc) is 3.20. The van der Waals surface area contributed by atoms with Crippen molar-refractivity contribution in [2.45, 2.75) is 40.2 Å². The Morgan fingerprint density at radius 2 is 1.78 bits per heavy atom. The number of amides is 1. The zero-order chi connectivity index (χ0) is 22.5. The molecule has 3 aromatic carbocycles. The predicted molar refractivity (Wildman–Crippen MR) is 133 cm³/mol. The van der Waals surface area contributed by atoms with Gasteiger partial charge >= 0.3 is 0 Å². The van der Waals surface area contributed by atoms with Crippen molar-refractivity contribution in [3.05, 3.63) is 89.0 Å². The first-order valence-corrected chi connectivity index (χ1v) is 11.7. The van der Waals surface area contributed by atoms with Gasteiger partial charge in [-0.1, -0.05) is 59.9 Å². The van der Waals surface area contributed by atoms with E-state index in [0.29, 0.717) is 26.0 Å². The number of carbonyl (C=O) groups excluding carboxylic acids is 1. The minimum Gasteiger partial charge on any atom is -0.494 e. The number of ether oxygens (including phenoxy) is 1. The normalized spacial score (nSPS) is 11.0. The minimum atomic E-state index is 0.0649. The maximum absolute atomic E-state index is 13.3. The maximum atomic E-state index is 13.3. The summed E-state index contributed by atoms with van der Waals surface area (Å²) < 4.78 is 6.95. The molecule has 32 heavy (non-hydrogen) atoms. The first-order chi connectivity index (χ1) is 15.5. The Morgan fingerprint density at radius 3 is 2.56 bits per heavy atom. The number of fused-ring (bicyclic) bond motifs is 1. The molecule has 0 radical (unpaired) electrons. The maximum Gasteiger partial charge on any atom is 0.229 e. The van der Waals surface area contributed by atoms with Gasteiger partial charge in [-0.3, -0.25) is 9.69 Å². The molecule has 5 heteroatoms. The fourth-order valence-electron chi connectivity index (χ4n) is 3.76. The number of aromatic nitrogens is 1. The van der Waals surface area contributed by atoms with Gasteiger partial charge in [0.05, 0.1) is 23.4 Å². The van der Waals surface area contributed by atoms with Crippen molar-refractivity contribution in [3.63, 3.8) is 0 Å². The van der Waals surface area contributed by atoms with Crippen molar-refractivity contribution in [1.82, 2.24) is 4.98 Å². The summed E-state index contributed by atoms with van der Waals surface area (Å²) in [4.78, 5) is 19.9. The van der Waals surface area contributed by atoms with Crippen molar-refractivity contribution in [1.29, 1.82) is 0 Å². The molecule has 4 nitrogen and oxygen atoms in total. The van der Waals surface area contributed by atoms with Crippen LogP contribution in [0.5, 0.6) is 5.75 Å². The second-order valence-corrected chi connectivity index (χ2v) is 9.17. The van der Waals surface area contributed by atoms with Gasteiger partial charge in [0.25, 0.3) is 0 Å². The van der Waals surface area contributed by atoms with Crippen molar-refractivity contribution in [2.75, 3.05) is 11.5 Å². The van der Waals surface area contributed by atoms with E-state index >= 15 is 0 Å². The lowest BCUT2D eigenvalue weighted by molar-refractivity contribution is -0.119. The highest BCUT2D eigenvalue weighted by Gasteiger charge is 2.20. The first-order valence-electron chi connectivity index (χ1n) is 10.9. The van der Waals surface area contributed by atoms with Gasteiger partial charge in [-0.25, -0.2) is 4.98 Å². The number of nitrogens with zero attached hydrogens (tertiary/aromatic N) is 2. The van der Waals surface area contributed by atoms with Crippen LogP contribution in [0.3, 0.4) is 0 Å². The zero-order valence-electron chi connectivity index (χ0n) is 18.8. The average molecular weight is 445 g/mol. The quantitative estimate of drug-likeness (QED) is 0.287. The Hall–Kier alpha value is -3.18. The van der Waals surface area contributed by atoms with Crippen LogP contribution in [-0.4, -0.2) is 17.5 Å². The van der Waals surface area contributed by atoms with Crippen LogP contribution in [0.2, 0.25) is 0 Å². The van der Waals surface area contributed by atoms with E-state index < -0.39 is 0 Å². The molecular weight excluding hydrogens is 416 g/mol. The van der Waals surface area contributed by atoms with Gasteiger partial charge in [0.15, 0.2) is 5.13 Å². The van der Waals surface area contributed by atoms with E-state index in [2.05, 4.69) is 26.0 Å². The Balaban J connectivity index is 1.50. The Kier molecular flexibility index (Phi) is 6.86. The van der Waals surface area contributed by atoms with Crippen LogP contribution in [0, 0.1) is 20.8 Å². The largest absolute Gasteiger partial charge is 0.494 e. The number of aryl methyl sites for hydroxylation is 3. The van der Waals surface area contributed by atoms with Crippen LogP contribution in [0.4, 0.5) is 5.13 Å². The van der Waals surface area contributed by atoms with E-state index in [9.17, 15) is 4.79 Å². The Bertz CT molecular complexity index is 1220. The number of benzene rings is 3. The van der Waals surface area contributed by atoms with E-state index in [1.165, 1.54) is 5.56 Å². The molecule has 0 spiro atoms. The molecule has 0 saturated carbocycles. The third-order valence-electron chi connectivity index (χ3n) is 5.33. The van der Waals surface area contributed by atoms with E-state index in [-0.39, 0.29) is 5.91 Å². The molecule has 4 rings (SSSR count). The van der Waals surface area contributed by atoms with Crippen LogP contribution < -0.4 is 9.64 Å². The summed E-state index contributed by atoms with van der Waals surface area (Å²) in [6.45, 7) is 7.22. The molecule has 0 saturated heterocycles. The highest BCUT2D eigenvalue weighted by molar-refractivity contribution is 7.22. The molecule has 0 atom stereocenters. The highest BCUT2D eigenvalue weighted by Crippen LogP contribution is 2.33. The summed E-state index contributed by atoms with van der Waals surface area (Å²) in [6.07, 6.45) is 1.06. The lowest BCUT2D eigenvalue weighted by Gasteiger charge is -2.20. The van der Waals surface area contributed by atoms with Crippen LogP contribution >= 0.6 is 11.3 Å². The third kappa shape index (κ3) is 5.35. The number of carbonyl (C=O) groups is 1. The summed E-state index contributed by atoms with van der Waals surface area (Å²) in [5.41, 5.74) is 5.57. The van der Waals surface area contributed by atoms with Gasteiger partial charge in [-0.15, -0.1) is 0 Å². The topological polar surface area (TPSA) is 42.4 Å². The fourth-order valence-corrected chi connectivity index (χ4v) is 4.91. The molecule has 0 aliphatic heterocycles. The van der Waals surface area contributed by atoms with E-state index in [0.717, 1.165) is 37.8 Å². The number of rotatable bonds is 8. The molecule has 0 aliphatic rings. The van der Waals surface area contributed by atoms with Crippen LogP contribution in [-0.2, 0) is 11.3 Å². The molecule has 1 aromatic heterocycles. The van der Waals surface area contributed by atoms with Crippen LogP contribution in [0.25, 0.3) is 10.2 Å². The lowest BCUT2D eigenvalue weighted by atomic mass is 10.1. The lowest BCUT2D eigenvalue weighted by Crippen LogP contribution is -2.30. The molecule has 0 N–H and O–H groups in total. The van der Waals surface area contributed by atoms with Gasteiger partial charge in [0.1, 0.15) is 5.75 Å². The summed E-state index contributed by atoms with van der Waals surface area (Å²) in [5, 5.41) is 0.752. The van der Waals surface area contributed by atoms with Gasteiger partial charge in [-0.2, -0.15) is 0 Å². The Morgan fingerprint density at radius 1 is 0.969 bits per heavy atom. The summed E-state index contributed by atoms with van der Waals surface area (Å²) in [6, 6.07) is 22.3. The summed E-state index contributed by atoms with van der Waals surface area (Å²) in [5.74, 6) is 0.908. The number of anilines is 1. The van der Waals surface area contributed by atoms with E-state index in [4.69, 9.17) is 9.72 Å². The van der Waals surface area contributed by atoms with Crippen molar-refractivity contribution in [2.24, 2.45) is 0 Å². The monoisotopic (exact) mass is 444 g/mol. The van der Waals surface area contributed by atoms with E-state index in [1.54, 1.807) is 11.3 Å². The minimum absolute atomic E-state index is 0.0649. The fraction of sp³-hybridized carbons (Fsp3) is 0.259. The number of thiazole rings is 1. The standard InChI is InChI=1S/C27H28N2O2S/c1-19-9-7-12-23(16-19)31-14-8-13-25(30)29(18-22-10-5-4-6-11-22)27-28-26-21(3)15-20(2)17-24(26)32-27/h4-7,9-12,15-17H,8,13-14,18H2,1-3H3. The molecule has 0 unspecified atom stereocenters. The molecule has 164 valence electrons. The smallest absolute Gasteiger partial charge is 0.229 e. The second kappa shape index (κ2) is 9.96. The van der Waals surface area contributed by atoms with Gasteiger partial charge < -0.3 is 4.74 Å². The SMILES string of the molecule is Cc1cccc(OCCCC(=O)N(Cc2ccccc2)c2nc3c(C)cc(C)cc3s2)c1. The highest BCUT2D eigenvalue weighted by atomic mass is 32.1. The molecule has 4 aromatic rings. The van der Waals surface area contributed by atoms with Crippen molar-refractivity contribution < 1.29 is 9.53 Å². The number of hydrogen-bond acceptors (Lipinski definition) is 4. The zero-order valence-corrected chi connectivity index (χ0v) is 19.6. The van der Waals surface area contributed by atoms with Gasteiger partial charge in [-0.05, 0) is 67.6 Å². The molecular formula is C27H28N2O2S. The van der Waals surface area contributed by atoms with Crippen LogP contribution in [0.15, 0.2) is 66.7 Å². The molecule has 1 amide bonds. The predicted octanol–water partition coefficient (Wildman–Crippen LogP) is 6.61. The van der Waals surface area contributed by atoms with Gasteiger partial charge in [0.2, 0.25) is 5.91 Å². The molecule has 1 heterocycles. The third-order valence-corrected chi connectivity index (χ3v) is 6.35. The Labute approximate surface area is 193 Å². The van der Waals surface area contributed by atoms with Crippen LogP contribution in [0.1, 0.15) is 35.1 Å². The molecule has 0 bridgehead atoms. The van der Waals surface area contributed by atoms with Crippen molar-refractivity contribution in [3.8, 4) is 5.75 Å². The van der Waals surface area contributed by atoms with Gasteiger partial charge in [0, 0.05) is 6.42 Å². The second-order valence-electron chi connectivity index (χ2n) is 8.16. The molecule has 0 aliphatic carbocycles. The van der Waals surface area contributed by atoms with E-state index in [1.807, 2.05) is 66.4 Å². The number of hydrogen-bond donors (Lipinski definition) is 0. The van der Waals surface area contributed by atoms with Crippen molar-refractivity contribution >= 4 is 32.6 Å².